The highest BCUT2D eigenvalue weighted by molar-refractivity contribution is 5.71. The van der Waals surface area contributed by atoms with Crippen molar-refractivity contribution in [3.05, 3.63) is 52.1 Å². The van der Waals surface area contributed by atoms with Gasteiger partial charge in [-0.3, -0.25) is 9.36 Å². The molecule has 0 amide bonds. The van der Waals surface area contributed by atoms with Gasteiger partial charge >= 0.3 is 0 Å². The van der Waals surface area contributed by atoms with Gasteiger partial charge in [-0.2, -0.15) is 10.2 Å². The van der Waals surface area contributed by atoms with Crippen molar-refractivity contribution in [2.75, 3.05) is 18.0 Å². The van der Waals surface area contributed by atoms with Crippen LogP contribution in [0.2, 0.25) is 0 Å². The molecule has 0 aliphatic carbocycles. The first-order chi connectivity index (χ1) is 14.1. The number of aryl methyl sites for hydroxylation is 1. The van der Waals surface area contributed by atoms with Crippen molar-refractivity contribution in [1.82, 2.24) is 19.1 Å². The summed E-state index contributed by atoms with van der Waals surface area (Å²) in [4.78, 5) is 24.8. The largest absolute Gasteiger partial charge is 0.341 e. The zero-order valence-electron chi connectivity index (χ0n) is 16.6. The highest BCUT2D eigenvalue weighted by atomic mass is 16.1. The van der Waals surface area contributed by atoms with E-state index in [0.29, 0.717) is 35.8 Å². The van der Waals surface area contributed by atoms with Gasteiger partial charge in [0.15, 0.2) is 11.2 Å². The lowest BCUT2D eigenvalue weighted by molar-refractivity contribution is 0.491. The van der Waals surface area contributed by atoms with E-state index in [1.54, 1.807) is 17.0 Å². The Kier molecular flexibility index (Phi) is 5.32. The number of piperidine rings is 1. The molecule has 0 bridgehead atoms. The van der Waals surface area contributed by atoms with Crippen LogP contribution in [0.3, 0.4) is 0 Å². The fourth-order valence-electron chi connectivity index (χ4n) is 3.97. The van der Waals surface area contributed by atoms with E-state index in [4.69, 9.17) is 10.7 Å². The Morgan fingerprint density at radius 2 is 2.17 bits per heavy atom. The molecule has 1 unspecified atom stereocenters. The molecule has 0 spiro atoms. The maximum atomic E-state index is 13.6. The summed E-state index contributed by atoms with van der Waals surface area (Å²) in [5.74, 6) is 0.576. The summed E-state index contributed by atoms with van der Waals surface area (Å²) < 4.78 is 3.54. The van der Waals surface area contributed by atoms with E-state index in [9.17, 15) is 10.1 Å². The van der Waals surface area contributed by atoms with Crippen molar-refractivity contribution in [3.8, 4) is 6.07 Å². The standard InChI is InChI=1S/C21H25N7O/c1-2-9-27-14-24-19-18(27)20(29)28(12-16-7-4-3-6-15(16)11-22)21(25-19)26-10-5-8-17(23)13-26/h3-4,6-7,14,17H,2,5,8-10,12-13,23H2,1H3. The molecule has 2 N–H and O–H groups in total. The minimum Gasteiger partial charge on any atom is -0.341 e. The summed E-state index contributed by atoms with van der Waals surface area (Å²) in [6.07, 6.45) is 4.49. The third-order valence-electron chi connectivity index (χ3n) is 5.38. The summed E-state index contributed by atoms with van der Waals surface area (Å²) in [5, 5.41) is 9.48. The molecule has 0 saturated carbocycles. The predicted molar refractivity (Wildman–Crippen MR) is 112 cm³/mol. The van der Waals surface area contributed by atoms with Gasteiger partial charge in [0.25, 0.3) is 5.56 Å². The molecule has 1 atom stereocenters. The SMILES string of the molecule is CCCn1cnc2nc(N3CCCC(N)C3)n(Cc3ccccc3C#N)c(=O)c21. The van der Waals surface area contributed by atoms with Crippen LogP contribution in [0.1, 0.15) is 37.3 Å². The van der Waals surface area contributed by atoms with E-state index in [1.807, 2.05) is 22.8 Å². The first kappa shape index (κ1) is 19.2. The van der Waals surface area contributed by atoms with Crippen LogP contribution >= 0.6 is 0 Å². The zero-order valence-corrected chi connectivity index (χ0v) is 16.6. The molecule has 4 rings (SSSR count). The number of hydrogen-bond acceptors (Lipinski definition) is 6. The zero-order chi connectivity index (χ0) is 20.4. The highest BCUT2D eigenvalue weighted by Gasteiger charge is 2.24. The van der Waals surface area contributed by atoms with Crippen molar-refractivity contribution in [1.29, 1.82) is 5.26 Å². The molecule has 1 saturated heterocycles. The summed E-state index contributed by atoms with van der Waals surface area (Å²) in [7, 11) is 0. The number of nitrogens with two attached hydrogens (primary N) is 1. The van der Waals surface area contributed by atoms with E-state index in [1.165, 1.54) is 0 Å². The third kappa shape index (κ3) is 3.61. The fourth-order valence-corrected chi connectivity index (χ4v) is 3.97. The highest BCUT2D eigenvalue weighted by Crippen LogP contribution is 2.21. The van der Waals surface area contributed by atoms with Crippen LogP contribution in [-0.4, -0.2) is 38.2 Å². The number of anilines is 1. The topological polar surface area (TPSA) is 106 Å². The van der Waals surface area contributed by atoms with Crippen LogP contribution in [0.15, 0.2) is 35.4 Å². The molecule has 8 nitrogen and oxygen atoms in total. The summed E-state index contributed by atoms with van der Waals surface area (Å²) >= 11 is 0. The van der Waals surface area contributed by atoms with Gasteiger partial charge < -0.3 is 15.2 Å². The van der Waals surface area contributed by atoms with Crippen molar-refractivity contribution in [2.45, 2.75) is 45.3 Å². The first-order valence-corrected chi connectivity index (χ1v) is 10.1. The van der Waals surface area contributed by atoms with E-state index in [0.717, 1.165) is 31.4 Å². The molecule has 0 radical (unpaired) electrons. The predicted octanol–water partition coefficient (Wildman–Crippen LogP) is 1.85. The molecule has 29 heavy (non-hydrogen) atoms. The average molecular weight is 391 g/mol. The fraction of sp³-hybridized carbons (Fsp3) is 0.429. The molecule has 8 heteroatoms. The number of hydrogen-bond donors (Lipinski definition) is 1. The molecular formula is C21H25N7O. The Labute approximate surface area is 169 Å². The lowest BCUT2D eigenvalue weighted by Gasteiger charge is -2.33. The normalized spacial score (nSPS) is 16.9. The number of nitrogens with zero attached hydrogens (tertiary/aromatic N) is 6. The van der Waals surface area contributed by atoms with E-state index >= 15 is 0 Å². The number of rotatable bonds is 5. The minimum absolute atomic E-state index is 0.0499. The molecular weight excluding hydrogens is 366 g/mol. The van der Waals surface area contributed by atoms with E-state index < -0.39 is 0 Å². The Bertz CT molecular complexity index is 1120. The van der Waals surface area contributed by atoms with Crippen molar-refractivity contribution < 1.29 is 0 Å². The van der Waals surface area contributed by atoms with Gasteiger partial charge in [-0.1, -0.05) is 25.1 Å². The van der Waals surface area contributed by atoms with Gasteiger partial charge in [-0.25, -0.2) is 4.98 Å². The molecule has 1 aliphatic heterocycles. The van der Waals surface area contributed by atoms with Crippen molar-refractivity contribution >= 4 is 17.1 Å². The van der Waals surface area contributed by atoms with Gasteiger partial charge in [0.05, 0.1) is 24.5 Å². The smallest absolute Gasteiger partial charge is 0.281 e. The Hall–Kier alpha value is -3.18. The van der Waals surface area contributed by atoms with Crippen LogP contribution in [0, 0.1) is 11.3 Å². The second kappa shape index (κ2) is 8.05. The van der Waals surface area contributed by atoms with Gasteiger partial charge in [-0.15, -0.1) is 0 Å². The Morgan fingerprint density at radius 1 is 1.34 bits per heavy atom. The van der Waals surface area contributed by atoms with Crippen molar-refractivity contribution in [2.24, 2.45) is 5.73 Å². The molecule has 2 aromatic heterocycles. The van der Waals surface area contributed by atoms with Gasteiger partial charge in [-0.05, 0) is 30.9 Å². The van der Waals surface area contributed by atoms with Gasteiger partial charge in [0.1, 0.15) is 0 Å². The number of imidazole rings is 1. The molecule has 3 heterocycles. The molecule has 150 valence electrons. The Morgan fingerprint density at radius 3 is 2.93 bits per heavy atom. The second-order valence-corrected chi connectivity index (χ2v) is 7.53. The van der Waals surface area contributed by atoms with Crippen LogP contribution in [0.5, 0.6) is 0 Å². The van der Waals surface area contributed by atoms with Crippen LogP contribution in [0.4, 0.5) is 5.95 Å². The number of fused-ring (bicyclic) bond motifs is 1. The number of benzene rings is 1. The maximum absolute atomic E-state index is 13.6. The summed E-state index contributed by atoms with van der Waals surface area (Å²) in [6, 6.07) is 9.62. The monoisotopic (exact) mass is 391 g/mol. The van der Waals surface area contributed by atoms with Gasteiger partial charge in [0.2, 0.25) is 5.95 Å². The van der Waals surface area contributed by atoms with Crippen LogP contribution in [0.25, 0.3) is 11.2 Å². The van der Waals surface area contributed by atoms with E-state index in [2.05, 4.69) is 22.9 Å². The average Bonchev–Trinajstić information content (AvgIpc) is 3.13. The number of nitriles is 1. The summed E-state index contributed by atoms with van der Waals surface area (Å²) in [6.45, 7) is 4.49. The first-order valence-electron chi connectivity index (χ1n) is 10.1. The second-order valence-electron chi connectivity index (χ2n) is 7.53. The molecule has 3 aromatic rings. The maximum Gasteiger partial charge on any atom is 0.281 e. The van der Waals surface area contributed by atoms with Crippen LogP contribution < -0.4 is 16.2 Å². The lowest BCUT2D eigenvalue weighted by atomic mass is 10.1. The van der Waals surface area contributed by atoms with Gasteiger partial charge in [0, 0.05) is 25.7 Å². The Balaban J connectivity index is 1.89. The van der Waals surface area contributed by atoms with E-state index in [-0.39, 0.29) is 18.1 Å². The summed E-state index contributed by atoms with van der Waals surface area (Å²) in [5.41, 5.74) is 8.37. The van der Waals surface area contributed by atoms with Crippen molar-refractivity contribution in [3.63, 3.8) is 0 Å². The lowest BCUT2D eigenvalue weighted by Crippen LogP contribution is -2.45. The number of aromatic nitrogens is 4. The quantitative estimate of drug-likeness (QED) is 0.711. The third-order valence-corrected chi connectivity index (χ3v) is 5.38. The minimum atomic E-state index is -0.136. The molecule has 1 aromatic carbocycles. The molecule has 1 fully saturated rings. The molecule has 1 aliphatic rings. The van der Waals surface area contributed by atoms with Crippen LogP contribution in [-0.2, 0) is 13.1 Å².